The van der Waals surface area contributed by atoms with Gasteiger partial charge in [-0.1, -0.05) is 25.5 Å². The largest absolute Gasteiger partial charge is 0.383 e. The summed E-state index contributed by atoms with van der Waals surface area (Å²) in [6, 6.07) is 9.89. The Balaban J connectivity index is 1.38. The predicted octanol–water partition coefficient (Wildman–Crippen LogP) is 3.49. The summed E-state index contributed by atoms with van der Waals surface area (Å²) in [7, 11) is 0. The molecule has 2 aromatic heterocycles. The molecule has 7 heteroatoms. The number of carbonyl (C=O) groups excluding carboxylic acids is 1. The van der Waals surface area contributed by atoms with Gasteiger partial charge in [0.25, 0.3) is 5.91 Å². The van der Waals surface area contributed by atoms with Crippen molar-refractivity contribution in [3.8, 4) is 0 Å². The zero-order valence-corrected chi connectivity index (χ0v) is 17.8. The third kappa shape index (κ3) is 4.26. The van der Waals surface area contributed by atoms with Gasteiger partial charge in [-0.15, -0.1) is 11.3 Å². The van der Waals surface area contributed by atoms with Crippen LogP contribution in [0, 0.1) is 6.92 Å². The maximum absolute atomic E-state index is 12.9. The van der Waals surface area contributed by atoms with E-state index in [9.17, 15) is 4.79 Å². The Labute approximate surface area is 175 Å². The maximum Gasteiger partial charge on any atom is 0.264 e. The number of benzene rings is 1. The number of carbonyl (C=O) groups is 1. The molecule has 3 heterocycles. The van der Waals surface area contributed by atoms with Gasteiger partial charge in [-0.2, -0.15) is 0 Å². The first-order valence-electron chi connectivity index (χ1n) is 10.2. The summed E-state index contributed by atoms with van der Waals surface area (Å²) in [4.78, 5) is 28.4. The molecule has 0 bridgehead atoms. The smallest absolute Gasteiger partial charge is 0.264 e. The van der Waals surface area contributed by atoms with E-state index in [4.69, 9.17) is 5.73 Å². The standard InChI is InChI=1S/C22H27N5OS/c1-3-6-16-13-19(29-15(16)2)22(28)27-11-9-26(10-12-27)14-20-24-18-8-5-4-7-17(18)21(23)25-20/h4-5,7-8,13H,3,6,9-12,14H2,1-2H3,(H2,23,24,25). The normalized spacial score (nSPS) is 15.2. The maximum atomic E-state index is 12.9. The van der Waals surface area contributed by atoms with Crippen molar-refractivity contribution >= 4 is 34.0 Å². The van der Waals surface area contributed by atoms with Crippen LogP contribution in [-0.2, 0) is 13.0 Å². The number of piperazine rings is 1. The number of aromatic nitrogens is 2. The number of para-hydroxylation sites is 1. The van der Waals surface area contributed by atoms with Crippen molar-refractivity contribution < 1.29 is 4.79 Å². The quantitative estimate of drug-likeness (QED) is 0.698. The highest BCUT2D eigenvalue weighted by atomic mass is 32.1. The highest BCUT2D eigenvalue weighted by Gasteiger charge is 2.24. The second kappa shape index (κ2) is 8.47. The topological polar surface area (TPSA) is 75.4 Å². The van der Waals surface area contributed by atoms with Gasteiger partial charge in [-0.05, 0) is 37.1 Å². The molecule has 2 N–H and O–H groups in total. The SMILES string of the molecule is CCCc1cc(C(=O)N2CCN(Cc3nc(N)c4ccccc4n3)CC2)sc1C. The molecule has 0 radical (unpaired) electrons. The molecule has 1 aliphatic heterocycles. The Kier molecular flexibility index (Phi) is 5.78. The van der Waals surface area contributed by atoms with Crippen molar-refractivity contribution in [2.75, 3.05) is 31.9 Å². The van der Waals surface area contributed by atoms with Crippen LogP contribution in [0.2, 0.25) is 0 Å². The number of nitrogens with two attached hydrogens (primary N) is 1. The number of nitrogens with zero attached hydrogens (tertiary/aromatic N) is 4. The first-order valence-corrected chi connectivity index (χ1v) is 11.0. The molecule has 152 valence electrons. The molecule has 1 amide bonds. The van der Waals surface area contributed by atoms with Crippen molar-refractivity contribution in [3.05, 3.63) is 51.5 Å². The highest BCUT2D eigenvalue weighted by molar-refractivity contribution is 7.14. The lowest BCUT2D eigenvalue weighted by Crippen LogP contribution is -2.48. The minimum atomic E-state index is 0.159. The summed E-state index contributed by atoms with van der Waals surface area (Å²) in [5.41, 5.74) is 8.29. The predicted molar refractivity (Wildman–Crippen MR) is 118 cm³/mol. The number of rotatable bonds is 5. The van der Waals surface area contributed by atoms with Crippen LogP contribution in [0.5, 0.6) is 0 Å². The van der Waals surface area contributed by atoms with Crippen LogP contribution in [0.1, 0.15) is 39.3 Å². The number of thiophene rings is 1. The van der Waals surface area contributed by atoms with Crippen LogP contribution < -0.4 is 5.73 Å². The number of hydrogen-bond acceptors (Lipinski definition) is 6. The van der Waals surface area contributed by atoms with Gasteiger partial charge in [0.1, 0.15) is 11.6 Å². The second-order valence-electron chi connectivity index (χ2n) is 7.55. The van der Waals surface area contributed by atoms with E-state index in [1.807, 2.05) is 29.2 Å². The van der Waals surface area contributed by atoms with E-state index >= 15 is 0 Å². The van der Waals surface area contributed by atoms with Gasteiger partial charge >= 0.3 is 0 Å². The van der Waals surface area contributed by atoms with Crippen molar-refractivity contribution in [3.63, 3.8) is 0 Å². The molecule has 0 saturated carbocycles. The number of fused-ring (bicyclic) bond motifs is 1. The molecule has 6 nitrogen and oxygen atoms in total. The summed E-state index contributed by atoms with van der Waals surface area (Å²) in [5, 5.41) is 0.889. The van der Waals surface area contributed by atoms with Crippen LogP contribution >= 0.6 is 11.3 Å². The van der Waals surface area contributed by atoms with E-state index in [1.165, 1.54) is 10.4 Å². The molecule has 0 aliphatic carbocycles. The number of amides is 1. The first-order chi connectivity index (χ1) is 14.0. The van der Waals surface area contributed by atoms with Crippen molar-refractivity contribution in [1.82, 2.24) is 19.8 Å². The number of nitrogen functional groups attached to an aromatic ring is 1. The van der Waals surface area contributed by atoms with E-state index in [1.54, 1.807) is 11.3 Å². The third-order valence-electron chi connectivity index (χ3n) is 5.45. The molecule has 1 aliphatic rings. The fraction of sp³-hybridized carbons (Fsp3) is 0.409. The Morgan fingerprint density at radius 2 is 1.93 bits per heavy atom. The van der Waals surface area contributed by atoms with Crippen LogP contribution in [0.3, 0.4) is 0 Å². The van der Waals surface area contributed by atoms with Crippen molar-refractivity contribution in [2.24, 2.45) is 0 Å². The van der Waals surface area contributed by atoms with E-state index in [0.29, 0.717) is 12.4 Å². The Hall–Kier alpha value is -2.51. The lowest BCUT2D eigenvalue weighted by atomic mass is 10.1. The molecule has 1 fully saturated rings. The first kappa shape index (κ1) is 19.8. The van der Waals surface area contributed by atoms with Crippen LogP contribution in [0.15, 0.2) is 30.3 Å². The lowest BCUT2D eigenvalue weighted by molar-refractivity contribution is 0.0630. The second-order valence-corrected chi connectivity index (χ2v) is 8.81. The molecule has 4 rings (SSSR count). The summed E-state index contributed by atoms with van der Waals surface area (Å²) in [6.45, 7) is 8.01. The Bertz CT molecular complexity index is 1020. The van der Waals surface area contributed by atoms with Gasteiger partial charge < -0.3 is 10.6 Å². The van der Waals surface area contributed by atoms with Crippen LogP contribution in [0.4, 0.5) is 5.82 Å². The van der Waals surface area contributed by atoms with Gasteiger partial charge in [-0.25, -0.2) is 9.97 Å². The van der Waals surface area contributed by atoms with Crippen LogP contribution in [0.25, 0.3) is 10.9 Å². The minimum absolute atomic E-state index is 0.159. The fourth-order valence-electron chi connectivity index (χ4n) is 3.83. The highest BCUT2D eigenvalue weighted by Crippen LogP contribution is 2.25. The molecule has 0 spiro atoms. The molecule has 29 heavy (non-hydrogen) atoms. The molecule has 0 unspecified atom stereocenters. The zero-order chi connectivity index (χ0) is 20.4. The number of anilines is 1. The van der Waals surface area contributed by atoms with E-state index < -0.39 is 0 Å². The molecular formula is C22H27N5OS. The molecule has 1 aromatic carbocycles. The molecule has 0 atom stereocenters. The summed E-state index contributed by atoms with van der Waals surface area (Å²) in [5.74, 6) is 1.42. The van der Waals surface area contributed by atoms with Crippen molar-refractivity contribution in [2.45, 2.75) is 33.2 Å². The number of hydrogen-bond donors (Lipinski definition) is 1. The van der Waals surface area contributed by atoms with E-state index in [0.717, 1.165) is 60.6 Å². The third-order valence-corrected chi connectivity index (χ3v) is 6.54. The van der Waals surface area contributed by atoms with Crippen LogP contribution in [-0.4, -0.2) is 51.9 Å². The van der Waals surface area contributed by atoms with Gasteiger partial charge in [-0.3, -0.25) is 9.69 Å². The monoisotopic (exact) mass is 409 g/mol. The summed E-state index contributed by atoms with van der Waals surface area (Å²) in [6.07, 6.45) is 2.14. The molecule has 1 saturated heterocycles. The van der Waals surface area contributed by atoms with E-state index in [2.05, 4.69) is 34.8 Å². The molecular weight excluding hydrogens is 382 g/mol. The van der Waals surface area contributed by atoms with Gasteiger partial charge in [0, 0.05) is 36.4 Å². The fourth-order valence-corrected chi connectivity index (χ4v) is 4.87. The Morgan fingerprint density at radius 3 is 2.69 bits per heavy atom. The lowest BCUT2D eigenvalue weighted by Gasteiger charge is -2.34. The summed E-state index contributed by atoms with van der Waals surface area (Å²) < 4.78 is 0. The minimum Gasteiger partial charge on any atom is -0.383 e. The average Bonchev–Trinajstić information content (AvgIpc) is 3.09. The molecule has 3 aromatic rings. The van der Waals surface area contributed by atoms with Crippen molar-refractivity contribution in [1.29, 1.82) is 0 Å². The van der Waals surface area contributed by atoms with Gasteiger partial charge in [0.2, 0.25) is 0 Å². The zero-order valence-electron chi connectivity index (χ0n) is 17.0. The number of aryl methyl sites for hydroxylation is 2. The Morgan fingerprint density at radius 1 is 1.17 bits per heavy atom. The van der Waals surface area contributed by atoms with E-state index in [-0.39, 0.29) is 5.91 Å². The summed E-state index contributed by atoms with van der Waals surface area (Å²) >= 11 is 1.62. The average molecular weight is 410 g/mol. The van der Waals surface area contributed by atoms with Gasteiger partial charge in [0.15, 0.2) is 0 Å². The van der Waals surface area contributed by atoms with Gasteiger partial charge in [0.05, 0.1) is 16.9 Å².